The van der Waals surface area contributed by atoms with Crippen LogP contribution < -0.4 is 5.32 Å². The highest BCUT2D eigenvalue weighted by Crippen LogP contribution is 2.35. The first-order valence-electron chi connectivity index (χ1n) is 7.16. The van der Waals surface area contributed by atoms with Crippen LogP contribution in [0.4, 0.5) is 0 Å². The van der Waals surface area contributed by atoms with Crippen LogP contribution in [-0.2, 0) is 0 Å². The van der Waals surface area contributed by atoms with Crippen LogP contribution >= 0.6 is 0 Å². The minimum atomic E-state index is -0.843. The third-order valence-electron chi connectivity index (χ3n) is 3.93. The van der Waals surface area contributed by atoms with Crippen molar-refractivity contribution in [1.29, 1.82) is 0 Å². The molecule has 0 aliphatic heterocycles. The Balaban J connectivity index is 2.17. The van der Waals surface area contributed by atoms with Gasteiger partial charge in [0.2, 0.25) is 0 Å². The van der Waals surface area contributed by atoms with E-state index >= 15 is 0 Å². The topological polar surface area (TPSA) is 72.7 Å². The highest BCUT2D eigenvalue weighted by molar-refractivity contribution is 5.29. The summed E-state index contributed by atoms with van der Waals surface area (Å²) in [6, 6.07) is 7.91. The molecule has 4 unspecified atom stereocenters. The predicted octanol–water partition coefficient (Wildman–Crippen LogP) is 0.933. The van der Waals surface area contributed by atoms with E-state index in [1.165, 1.54) is 5.56 Å². The molecule has 2 rings (SSSR count). The van der Waals surface area contributed by atoms with Crippen LogP contribution in [0.3, 0.4) is 0 Å². The van der Waals surface area contributed by atoms with Gasteiger partial charge in [0.15, 0.2) is 0 Å². The van der Waals surface area contributed by atoms with Crippen molar-refractivity contribution in [2.75, 3.05) is 6.54 Å². The van der Waals surface area contributed by atoms with E-state index in [9.17, 15) is 15.3 Å². The molecule has 0 aromatic heterocycles. The molecule has 4 N–H and O–H groups in total. The molecule has 0 heterocycles. The van der Waals surface area contributed by atoms with E-state index < -0.39 is 17.8 Å². The van der Waals surface area contributed by atoms with Crippen molar-refractivity contribution in [1.82, 2.24) is 5.32 Å². The van der Waals surface area contributed by atoms with Gasteiger partial charge in [-0.3, -0.25) is 0 Å². The number of aliphatic hydroxyl groups excluding tert-OH is 2. The molecular formula is C16H25NO3. The summed E-state index contributed by atoms with van der Waals surface area (Å²) < 4.78 is 0. The molecule has 4 atom stereocenters. The summed E-state index contributed by atoms with van der Waals surface area (Å²) in [4.78, 5) is 0. The van der Waals surface area contributed by atoms with Crippen LogP contribution in [0.5, 0.6) is 0 Å². The lowest BCUT2D eigenvalue weighted by Crippen LogP contribution is -2.47. The van der Waals surface area contributed by atoms with Crippen molar-refractivity contribution in [2.45, 2.75) is 57.0 Å². The van der Waals surface area contributed by atoms with Crippen molar-refractivity contribution in [3.63, 3.8) is 0 Å². The molecule has 0 bridgehead atoms. The van der Waals surface area contributed by atoms with Gasteiger partial charge in [0, 0.05) is 18.5 Å². The average Bonchev–Trinajstić information content (AvgIpc) is 2.62. The Bertz CT molecular complexity index is 455. The SMILES string of the molecule is Cc1cccc(C2CC(O)C(O)C2NCC(C)(C)O)c1. The van der Waals surface area contributed by atoms with Gasteiger partial charge in [-0.1, -0.05) is 29.8 Å². The van der Waals surface area contributed by atoms with Crippen molar-refractivity contribution in [3.8, 4) is 0 Å². The molecule has 0 amide bonds. The summed E-state index contributed by atoms with van der Waals surface area (Å²) in [6.07, 6.45) is -0.989. The van der Waals surface area contributed by atoms with Crippen molar-refractivity contribution < 1.29 is 15.3 Å². The maximum absolute atomic E-state index is 10.2. The summed E-state index contributed by atoms with van der Waals surface area (Å²) in [5.74, 6) is 0.0576. The number of hydrogen-bond acceptors (Lipinski definition) is 4. The van der Waals surface area contributed by atoms with Gasteiger partial charge in [0.05, 0.1) is 17.8 Å². The quantitative estimate of drug-likeness (QED) is 0.662. The maximum atomic E-state index is 10.2. The number of rotatable bonds is 4. The molecule has 1 saturated carbocycles. The number of hydrogen-bond donors (Lipinski definition) is 4. The first kappa shape index (κ1) is 15.4. The Labute approximate surface area is 120 Å². The van der Waals surface area contributed by atoms with Gasteiger partial charge in [0.25, 0.3) is 0 Å². The van der Waals surface area contributed by atoms with E-state index in [2.05, 4.69) is 11.4 Å². The summed E-state index contributed by atoms with van der Waals surface area (Å²) in [7, 11) is 0. The third kappa shape index (κ3) is 3.58. The molecule has 4 heteroatoms. The smallest absolute Gasteiger partial charge is 0.0957 e. The van der Waals surface area contributed by atoms with Crippen molar-refractivity contribution in [2.24, 2.45) is 0 Å². The van der Waals surface area contributed by atoms with Crippen LogP contribution in [0.15, 0.2) is 24.3 Å². The monoisotopic (exact) mass is 279 g/mol. The van der Waals surface area contributed by atoms with Gasteiger partial charge in [-0.05, 0) is 32.8 Å². The fraction of sp³-hybridized carbons (Fsp3) is 0.625. The normalized spacial score (nSPS) is 30.7. The van der Waals surface area contributed by atoms with E-state index in [0.29, 0.717) is 13.0 Å². The Morgan fingerprint density at radius 2 is 2.00 bits per heavy atom. The second-order valence-corrected chi connectivity index (χ2v) is 6.53. The predicted molar refractivity (Wildman–Crippen MR) is 78.6 cm³/mol. The van der Waals surface area contributed by atoms with Crippen LogP contribution in [0, 0.1) is 6.92 Å². The lowest BCUT2D eigenvalue weighted by molar-refractivity contribution is 0.0212. The molecule has 1 aliphatic rings. The van der Waals surface area contributed by atoms with E-state index in [1.807, 2.05) is 25.1 Å². The third-order valence-corrected chi connectivity index (χ3v) is 3.93. The van der Waals surface area contributed by atoms with Crippen LogP contribution in [-0.4, -0.2) is 45.7 Å². The van der Waals surface area contributed by atoms with Gasteiger partial charge >= 0.3 is 0 Å². The molecule has 1 aromatic rings. The second kappa shape index (κ2) is 5.82. The summed E-state index contributed by atoms with van der Waals surface area (Å²) in [6.45, 7) is 5.85. The lowest BCUT2D eigenvalue weighted by atomic mass is 9.92. The van der Waals surface area contributed by atoms with E-state index in [0.717, 1.165) is 5.56 Å². The Morgan fingerprint density at radius 1 is 1.30 bits per heavy atom. The first-order valence-corrected chi connectivity index (χ1v) is 7.16. The fourth-order valence-corrected chi connectivity index (χ4v) is 2.90. The maximum Gasteiger partial charge on any atom is 0.0957 e. The molecular weight excluding hydrogens is 254 g/mol. The number of benzene rings is 1. The molecule has 4 nitrogen and oxygen atoms in total. The molecule has 0 radical (unpaired) electrons. The fourth-order valence-electron chi connectivity index (χ4n) is 2.90. The van der Waals surface area contributed by atoms with Crippen LogP contribution in [0.2, 0.25) is 0 Å². The molecule has 0 spiro atoms. The van der Waals surface area contributed by atoms with Gasteiger partial charge in [-0.25, -0.2) is 0 Å². The minimum Gasteiger partial charge on any atom is -0.390 e. The van der Waals surface area contributed by atoms with Crippen molar-refractivity contribution in [3.05, 3.63) is 35.4 Å². The molecule has 20 heavy (non-hydrogen) atoms. The second-order valence-electron chi connectivity index (χ2n) is 6.53. The van der Waals surface area contributed by atoms with Gasteiger partial charge in [-0.2, -0.15) is 0 Å². The summed E-state index contributed by atoms with van der Waals surface area (Å²) in [5.41, 5.74) is 1.44. The first-order chi connectivity index (χ1) is 9.28. The van der Waals surface area contributed by atoms with Crippen LogP contribution in [0.1, 0.15) is 37.3 Å². The Hall–Kier alpha value is -0.940. The van der Waals surface area contributed by atoms with Crippen molar-refractivity contribution >= 4 is 0 Å². The Morgan fingerprint density at radius 3 is 2.60 bits per heavy atom. The van der Waals surface area contributed by atoms with Gasteiger partial charge < -0.3 is 20.6 Å². The lowest BCUT2D eigenvalue weighted by Gasteiger charge is -2.27. The molecule has 1 fully saturated rings. The molecule has 1 aromatic carbocycles. The minimum absolute atomic E-state index is 0.0576. The van der Waals surface area contributed by atoms with E-state index in [4.69, 9.17) is 0 Å². The van der Waals surface area contributed by atoms with E-state index in [-0.39, 0.29) is 12.0 Å². The summed E-state index contributed by atoms with van der Waals surface area (Å²) in [5, 5.41) is 33.1. The summed E-state index contributed by atoms with van der Waals surface area (Å²) >= 11 is 0. The Kier molecular flexibility index (Phi) is 4.49. The zero-order valence-electron chi connectivity index (χ0n) is 12.4. The molecule has 112 valence electrons. The number of aryl methyl sites for hydroxylation is 1. The van der Waals surface area contributed by atoms with Gasteiger partial charge in [0.1, 0.15) is 0 Å². The largest absolute Gasteiger partial charge is 0.390 e. The van der Waals surface area contributed by atoms with Crippen LogP contribution in [0.25, 0.3) is 0 Å². The number of nitrogens with one attached hydrogen (secondary N) is 1. The zero-order chi connectivity index (χ0) is 14.9. The highest BCUT2D eigenvalue weighted by Gasteiger charge is 2.42. The highest BCUT2D eigenvalue weighted by atomic mass is 16.3. The van der Waals surface area contributed by atoms with E-state index in [1.54, 1.807) is 13.8 Å². The zero-order valence-corrected chi connectivity index (χ0v) is 12.4. The molecule has 0 saturated heterocycles. The average molecular weight is 279 g/mol. The number of aliphatic hydroxyl groups is 3. The standard InChI is InChI=1S/C16H25NO3/c1-10-5-4-6-11(7-10)12-8-13(18)15(19)14(12)17-9-16(2,3)20/h4-7,12-15,17-20H,8-9H2,1-3H3. The van der Waals surface area contributed by atoms with Gasteiger partial charge in [-0.15, -0.1) is 0 Å². The molecule has 1 aliphatic carbocycles.